The molecule has 19 nitrogen and oxygen atoms in total. The Labute approximate surface area is 263 Å². The van der Waals surface area contributed by atoms with E-state index in [1.165, 1.54) is 23.6 Å². The average Bonchev–Trinajstić information content (AvgIpc) is 3.62. The molecule has 0 aliphatic heterocycles. The molecule has 0 fully saturated rings. The summed E-state index contributed by atoms with van der Waals surface area (Å²) >= 11 is 7.57. The largest absolute Gasteiger partial charge is 0.461 e. The molecular weight excluding hydrogens is 662 g/mol. The smallest absolute Gasteiger partial charge is 0.367 e. The number of hydrogen-bond acceptors (Lipinski definition) is 18. The van der Waals surface area contributed by atoms with E-state index in [2.05, 4.69) is 24.9 Å². The third-order valence-corrected chi connectivity index (χ3v) is 7.04. The number of pyridine rings is 3. The van der Waals surface area contributed by atoms with E-state index >= 15 is 0 Å². The lowest BCUT2D eigenvalue weighted by Gasteiger charge is -1.94. The van der Waals surface area contributed by atoms with Crippen molar-refractivity contribution in [3.05, 3.63) is 82.3 Å². The molecule has 5 aromatic heterocycles. The molecule has 0 amide bonds. The van der Waals surface area contributed by atoms with Gasteiger partial charge in [0.05, 0.1) is 45.9 Å². The molecule has 0 aliphatic carbocycles. The van der Waals surface area contributed by atoms with Crippen molar-refractivity contribution in [3.8, 4) is 0 Å². The molecule has 45 heavy (non-hydrogen) atoms. The van der Waals surface area contributed by atoms with Gasteiger partial charge in [0.15, 0.2) is 0 Å². The standard InChI is InChI=1S/C9H7N3O4S.C9H9N3O2S.C5H2ClN3O4/c1-2-16-9(13)8-11-6-3-5(12(14)15)4-10-7(6)17-8;1-2-14-9(13)8-12-6-3-5(10)4-11-7(6)15-8;6-5-4(9(12)13)1-3(2-7-5)8(10)11/h3-4H,2H2,1H3;3-4H,2,10H2,1H3;1-2H. The van der Waals surface area contributed by atoms with Crippen molar-refractivity contribution >= 4 is 89.7 Å². The summed E-state index contributed by atoms with van der Waals surface area (Å²) in [6.45, 7) is 4.03. The number of thiazole rings is 2. The molecule has 0 bridgehead atoms. The highest BCUT2D eigenvalue weighted by Gasteiger charge is 2.19. The van der Waals surface area contributed by atoms with Crippen LogP contribution in [-0.4, -0.2) is 64.8 Å². The van der Waals surface area contributed by atoms with Gasteiger partial charge in [-0.05, 0) is 19.9 Å². The maximum absolute atomic E-state index is 11.4. The summed E-state index contributed by atoms with van der Waals surface area (Å²) in [6.07, 6.45) is 3.53. The molecule has 5 aromatic rings. The molecule has 0 spiro atoms. The summed E-state index contributed by atoms with van der Waals surface area (Å²) in [6, 6.07) is 3.72. The molecule has 0 saturated carbocycles. The number of carbonyl (C=O) groups is 2. The van der Waals surface area contributed by atoms with Gasteiger partial charge in [0, 0.05) is 6.07 Å². The molecule has 0 aromatic carbocycles. The molecule has 0 aliphatic rings. The Morgan fingerprint density at radius 3 is 1.73 bits per heavy atom. The van der Waals surface area contributed by atoms with E-state index in [-0.39, 0.29) is 22.5 Å². The fourth-order valence-electron chi connectivity index (χ4n) is 2.97. The number of fused-ring (bicyclic) bond motifs is 2. The summed E-state index contributed by atoms with van der Waals surface area (Å²) < 4.78 is 9.62. The minimum absolute atomic E-state index is 0.148. The highest BCUT2D eigenvalue weighted by molar-refractivity contribution is 7.20. The molecule has 0 radical (unpaired) electrons. The first-order valence-corrected chi connectivity index (χ1v) is 14.1. The summed E-state index contributed by atoms with van der Waals surface area (Å²) in [4.78, 5) is 72.0. The fraction of sp³-hybridized carbons (Fsp3) is 0.174. The van der Waals surface area contributed by atoms with Gasteiger partial charge in [-0.2, -0.15) is 0 Å². The van der Waals surface area contributed by atoms with E-state index in [1.807, 2.05) is 0 Å². The van der Waals surface area contributed by atoms with E-state index in [9.17, 15) is 39.9 Å². The van der Waals surface area contributed by atoms with Gasteiger partial charge in [-0.25, -0.2) is 34.5 Å². The summed E-state index contributed by atoms with van der Waals surface area (Å²) in [7, 11) is 0. The first kappa shape index (κ1) is 34.0. The van der Waals surface area contributed by atoms with Crippen molar-refractivity contribution in [2.75, 3.05) is 18.9 Å². The predicted octanol–water partition coefficient (Wildman–Crippen LogP) is 4.78. The molecule has 0 unspecified atom stereocenters. The van der Waals surface area contributed by atoms with E-state index in [0.29, 0.717) is 38.0 Å². The van der Waals surface area contributed by atoms with E-state index in [1.54, 1.807) is 19.9 Å². The third-order valence-electron chi connectivity index (χ3n) is 4.83. The molecule has 0 atom stereocenters. The number of hydrogen-bond donors (Lipinski definition) is 1. The Morgan fingerprint density at radius 2 is 1.24 bits per heavy atom. The molecule has 22 heteroatoms. The SMILES string of the molecule is CCOC(=O)c1nc2cc(N)cnc2s1.CCOC(=O)c1nc2cc([N+](=O)[O-])cnc2s1.O=[N+]([O-])c1cnc(Cl)c([N+](=O)[O-])c1. The van der Waals surface area contributed by atoms with Gasteiger partial charge < -0.3 is 15.2 Å². The molecule has 5 rings (SSSR count). The lowest BCUT2D eigenvalue weighted by molar-refractivity contribution is -0.394. The zero-order chi connectivity index (χ0) is 33.3. The van der Waals surface area contributed by atoms with Crippen molar-refractivity contribution in [2.45, 2.75) is 13.8 Å². The van der Waals surface area contributed by atoms with Crippen molar-refractivity contribution < 1.29 is 33.8 Å². The number of ether oxygens (including phenoxy) is 2. The maximum atomic E-state index is 11.4. The van der Waals surface area contributed by atoms with Gasteiger partial charge in [-0.15, -0.1) is 0 Å². The van der Waals surface area contributed by atoms with Crippen molar-refractivity contribution in [1.82, 2.24) is 24.9 Å². The molecule has 0 saturated heterocycles. The summed E-state index contributed by atoms with van der Waals surface area (Å²) in [5.41, 5.74) is 5.85. The highest BCUT2D eigenvalue weighted by atomic mass is 35.5. The number of rotatable bonds is 7. The number of nitrogens with zero attached hydrogens (tertiary/aromatic N) is 8. The Hall–Kier alpha value is -5.54. The quantitative estimate of drug-likeness (QED) is 0.105. The predicted molar refractivity (Wildman–Crippen MR) is 160 cm³/mol. The van der Waals surface area contributed by atoms with Crippen molar-refractivity contribution in [2.24, 2.45) is 0 Å². The van der Waals surface area contributed by atoms with Crippen LogP contribution >= 0.6 is 34.3 Å². The van der Waals surface area contributed by atoms with E-state index < -0.39 is 38.1 Å². The topological polar surface area (TPSA) is 272 Å². The second-order valence-corrected chi connectivity index (χ2v) is 10.2. The van der Waals surface area contributed by atoms with Crippen LogP contribution in [0.5, 0.6) is 0 Å². The minimum Gasteiger partial charge on any atom is -0.461 e. The molecule has 234 valence electrons. The number of anilines is 1. The second kappa shape index (κ2) is 15.3. The highest BCUT2D eigenvalue weighted by Crippen LogP contribution is 2.26. The number of nitrogen functional groups attached to an aromatic ring is 1. The Kier molecular flexibility index (Phi) is 11.5. The van der Waals surface area contributed by atoms with Gasteiger partial charge in [0.1, 0.15) is 33.1 Å². The van der Waals surface area contributed by atoms with Crippen LogP contribution < -0.4 is 5.73 Å². The third kappa shape index (κ3) is 8.98. The van der Waals surface area contributed by atoms with Crippen LogP contribution in [0.15, 0.2) is 36.8 Å². The molecular formula is C23H18ClN9O10S2. The summed E-state index contributed by atoms with van der Waals surface area (Å²) in [5, 5.41) is 31.1. The van der Waals surface area contributed by atoms with Gasteiger partial charge in [-0.1, -0.05) is 34.3 Å². The zero-order valence-electron chi connectivity index (χ0n) is 22.8. The number of halogens is 1. The number of esters is 2. The average molecular weight is 680 g/mol. The number of nitro groups is 3. The fourth-order valence-corrected chi connectivity index (χ4v) is 4.71. The van der Waals surface area contributed by atoms with E-state index in [4.69, 9.17) is 26.8 Å². The van der Waals surface area contributed by atoms with Crippen molar-refractivity contribution in [3.63, 3.8) is 0 Å². The van der Waals surface area contributed by atoms with Crippen LogP contribution in [-0.2, 0) is 9.47 Å². The van der Waals surface area contributed by atoms with Gasteiger partial charge in [0.25, 0.3) is 11.4 Å². The number of aromatic nitrogens is 5. The molecule has 5 heterocycles. The van der Waals surface area contributed by atoms with Crippen LogP contribution in [0.3, 0.4) is 0 Å². The first-order chi connectivity index (χ1) is 21.3. The normalized spacial score (nSPS) is 10.2. The molecule has 2 N–H and O–H groups in total. The number of nitrogens with two attached hydrogens (primary N) is 1. The van der Waals surface area contributed by atoms with E-state index in [0.717, 1.165) is 29.8 Å². The number of carbonyl (C=O) groups excluding carboxylic acids is 2. The lowest BCUT2D eigenvalue weighted by Crippen LogP contribution is -2.03. The van der Waals surface area contributed by atoms with Crippen LogP contribution in [0, 0.1) is 30.3 Å². The van der Waals surface area contributed by atoms with Crippen LogP contribution in [0.4, 0.5) is 22.7 Å². The van der Waals surface area contributed by atoms with Crippen molar-refractivity contribution in [1.29, 1.82) is 0 Å². The monoisotopic (exact) mass is 679 g/mol. The minimum atomic E-state index is -0.831. The first-order valence-electron chi connectivity index (χ1n) is 12.1. The van der Waals surface area contributed by atoms with Crippen LogP contribution in [0.25, 0.3) is 20.7 Å². The van der Waals surface area contributed by atoms with Crippen LogP contribution in [0.2, 0.25) is 5.15 Å². The Bertz CT molecular complexity index is 1920. The maximum Gasteiger partial charge on any atom is 0.367 e. The van der Waals surface area contributed by atoms with Gasteiger partial charge in [0.2, 0.25) is 15.2 Å². The summed E-state index contributed by atoms with van der Waals surface area (Å²) in [5.74, 6) is -0.961. The Balaban J connectivity index is 0.000000186. The van der Waals surface area contributed by atoms with Gasteiger partial charge in [-0.3, -0.25) is 30.3 Å². The second-order valence-electron chi connectivity index (χ2n) is 7.86. The Morgan fingerprint density at radius 1 is 0.778 bits per heavy atom. The van der Waals surface area contributed by atoms with Crippen LogP contribution in [0.1, 0.15) is 33.5 Å². The lowest BCUT2D eigenvalue weighted by atomic mass is 10.4. The van der Waals surface area contributed by atoms with Gasteiger partial charge >= 0.3 is 17.6 Å². The zero-order valence-corrected chi connectivity index (χ0v) is 25.2.